The molecule has 2 nitrogen and oxygen atoms in total. The molecule has 88 valence electrons. The summed E-state index contributed by atoms with van der Waals surface area (Å²) >= 11 is 0. The van der Waals surface area contributed by atoms with Crippen LogP contribution >= 0.6 is 0 Å². The molecule has 1 aliphatic rings. The maximum absolute atomic E-state index is 10.1. The molecule has 1 heterocycles. The van der Waals surface area contributed by atoms with Gasteiger partial charge in [-0.05, 0) is 32.8 Å². The molecule has 0 aromatic heterocycles. The molecule has 1 saturated heterocycles. The lowest BCUT2D eigenvalue weighted by molar-refractivity contribution is -0.0952. The molecule has 1 aromatic carbocycles. The fourth-order valence-electron chi connectivity index (χ4n) is 2.39. The fraction of sp³-hybridized carbons (Fsp3) is 0.571. The van der Waals surface area contributed by atoms with Crippen LogP contribution in [0.4, 0.5) is 0 Å². The lowest BCUT2D eigenvalue weighted by Gasteiger charge is -2.34. The van der Waals surface area contributed by atoms with Crippen LogP contribution in [0.15, 0.2) is 18.2 Å². The van der Waals surface area contributed by atoms with Gasteiger partial charge in [-0.2, -0.15) is 0 Å². The molecule has 16 heavy (non-hydrogen) atoms. The van der Waals surface area contributed by atoms with Gasteiger partial charge in [0, 0.05) is 6.42 Å². The van der Waals surface area contributed by atoms with Gasteiger partial charge in [0.05, 0.1) is 18.3 Å². The molecule has 2 unspecified atom stereocenters. The number of ether oxygens (including phenoxy) is 1. The number of hydrogen-bond acceptors (Lipinski definition) is 2. The number of aryl methyl sites for hydroxylation is 2. The molecule has 0 radical (unpaired) electrons. The van der Waals surface area contributed by atoms with Crippen molar-refractivity contribution in [1.29, 1.82) is 0 Å². The molecule has 1 aliphatic heterocycles. The van der Waals surface area contributed by atoms with Crippen molar-refractivity contribution < 1.29 is 9.84 Å². The molecule has 0 saturated carbocycles. The number of rotatable bonds is 1. The first kappa shape index (κ1) is 11.6. The van der Waals surface area contributed by atoms with E-state index in [2.05, 4.69) is 32.0 Å². The topological polar surface area (TPSA) is 29.5 Å². The van der Waals surface area contributed by atoms with Gasteiger partial charge in [0.25, 0.3) is 0 Å². The highest BCUT2D eigenvalue weighted by atomic mass is 16.5. The van der Waals surface area contributed by atoms with Crippen molar-refractivity contribution in [3.8, 4) is 0 Å². The molecule has 0 amide bonds. The van der Waals surface area contributed by atoms with Gasteiger partial charge in [0.15, 0.2) is 0 Å². The summed E-state index contributed by atoms with van der Waals surface area (Å²) in [6, 6.07) is 6.46. The van der Waals surface area contributed by atoms with Crippen LogP contribution < -0.4 is 0 Å². The van der Waals surface area contributed by atoms with Crippen LogP contribution in [-0.2, 0) is 4.74 Å². The van der Waals surface area contributed by atoms with E-state index in [1.54, 1.807) is 0 Å². The Morgan fingerprint density at radius 2 is 1.88 bits per heavy atom. The van der Waals surface area contributed by atoms with Gasteiger partial charge in [-0.1, -0.05) is 29.3 Å². The van der Waals surface area contributed by atoms with E-state index in [0.29, 0.717) is 13.0 Å². The van der Waals surface area contributed by atoms with Crippen LogP contribution in [0.3, 0.4) is 0 Å². The van der Waals surface area contributed by atoms with Crippen molar-refractivity contribution in [3.63, 3.8) is 0 Å². The summed E-state index contributed by atoms with van der Waals surface area (Å²) in [6.45, 7) is 6.73. The zero-order valence-electron chi connectivity index (χ0n) is 10.3. The number of hydrogen-bond donors (Lipinski definition) is 1. The van der Waals surface area contributed by atoms with Crippen molar-refractivity contribution >= 4 is 0 Å². The van der Waals surface area contributed by atoms with E-state index >= 15 is 0 Å². The minimum atomic E-state index is -0.583. The molecule has 1 N–H and O–H groups in total. The van der Waals surface area contributed by atoms with Gasteiger partial charge < -0.3 is 9.84 Å². The lowest BCUT2D eigenvalue weighted by atomic mass is 9.88. The summed E-state index contributed by atoms with van der Waals surface area (Å²) in [7, 11) is 0. The second kappa shape index (κ2) is 4.19. The summed E-state index contributed by atoms with van der Waals surface area (Å²) in [5.74, 6) is 0. The highest BCUT2D eigenvalue weighted by Gasteiger charge is 2.31. The first-order chi connectivity index (χ1) is 7.46. The largest absolute Gasteiger partial charge is 0.390 e. The van der Waals surface area contributed by atoms with Crippen LogP contribution in [-0.4, -0.2) is 17.3 Å². The predicted molar refractivity (Wildman–Crippen MR) is 64.5 cm³/mol. The Kier molecular flexibility index (Phi) is 3.04. The number of aliphatic hydroxyl groups is 1. The Balaban J connectivity index is 2.23. The Morgan fingerprint density at radius 1 is 1.25 bits per heavy atom. The molecule has 2 rings (SSSR count). The first-order valence-electron chi connectivity index (χ1n) is 5.88. The van der Waals surface area contributed by atoms with Crippen LogP contribution in [0.25, 0.3) is 0 Å². The third-order valence-corrected chi connectivity index (χ3v) is 3.20. The second-order valence-electron chi connectivity index (χ2n) is 5.23. The summed E-state index contributed by atoms with van der Waals surface area (Å²) < 4.78 is 5.75. The summed E-state index contributed by atoms with van der Waals surface area (Å²) in [4.78, 5) is 0. The Morgan fingerprint density at radius 3 is 2.44 bits per heavy atom. The molecular formula is C14H20O2. The normalized spacial score (nSPS) is 30.4. The summed E-state index contributed by atoms with van der Waals surface area (Å²) in [5.41, 5.74) is 3.12. The van der Waals surface area contributed by atoms with Crippen molar-refractivity contribution in [2.75, 3.05) is 6.61 Å². The van der Waals surface area contributed by atoms with E-state index in [0.717, 1.165) is 6.42 Å². The monoisotopic (exact) mass is 220 g/mol. The van der Waals surface area contributed by atoms with Gasteiger partial charge in [-0.3, -0.25) is 0 Å². The second-order valence-corrected chi connectivity index (χ2v) is 5.23. The van der Waals surface area contributed by atoms with Crippen LogP contribution in [0.1, 0.15) is 42.6 Å². The van der Waals surface area contributed by atoms with Crippen LogP contribution in [0.5, 0.6) is 0 Å². The Hall–Kier alpha value is -0.860. The first-order valence-corrected chi connectivity index (χ1v) is 5.88. The van der Waals surface area contributed by atoms with Crippen molar-refractivity contribution in [3.05, 3.63) is 34.9 Å². The van der Waals surface area contributed by atoms with E-state index < -0.39 is 5.60 Å². The molecule has 2 atom stereocenters. The van der Waals surface area contributed by atoms with Crippen molar-refractivity contribution in [2.24, 2.45) is 0 Å². The molecule has 0 spiro atoms. The third-order valence-electron chi connectivity index (χ3n) is 3.20. The minimum absolute atomic E-state index is 0.0438. The van der Waals surface area contributed by atoms with E-state index in [1.165, 1.54) is 16.7 Å². The molecule has 2 heteroatoms. The molecule has 1 fully saturated rings. The maximum Gasteiger partial charge on any atom is 0.0852 e. The van der Waals surface area contributed by atoms with E-state index in [-0.39, 0.29) is 6.10 Å². The smallest absolute Gasteiger partial charge is 0.0852 e. The average molecular weight is 220 g/mol. The fourth-order valence-corrected chi connectivity index (χ4v) is 2.39. The quantitative estimate of drug-likeness (QED) is 0.788. The van der Waals surface area contributed by atoms with E-state index in [9.17, 15) is 5.11 Å². The van der Waals surface area contributed by atoms with Gasteiger partial charge in [0.2, 0.25) is 0 Å². The van der Waals surface area contributed by atoms with E-state index in [1.807, 2.05) is 6.92 Å². The standard InChI is InChI=1S/C14H20O2/c1-10-6-11(2)8-12(7-10)13-9-14(3,15)4-5-16-13/h6-8,13,15H,4-5,9H2,1-3H3. The highest BCUT2D eigenvalue weighted by Crippen LogP contribution is 2.34. The van der Waals surface area contributed by atoms with Gasteiger partial charge >= 0.3 is 0 Å². The Labute approximate surface area is 97.3 Å². The summed E-state index contributed by atoms with van der Waals surface area (Å²) in [5, 5.41) is 10.1. The van der Waals surface area contributed by atoms with Crippen molar-refractivity contribution in [1.82, 2.24) is 0 Å². The SMILES string of the molecule is Cc1cc(C)cc(C2CC(C)(O)CCO2)c1. The van der Waals surface area contributed by atoms with Crippen LogP contribution in [0.2, 0.25) is 0 Å². The predicted octanol–water partition coefficient (Wildman–Crippen LogP) is 2.91. The lowest BCUT2D eigenvalue weighted by Crippen LogP contribution is -2.34. The molecule has 0 bridgehead atoms. The molecular weight excluding hydrogens is 200 g/mol. The average Bonchev–Trinajstić information content (AvgIpc) is 2.14. The van der Waals surface area contributed by atoms with Gasteiger partial charge in [0.1, 0.15) is 0 Å². The maximum atomic E-state index is 10.1. The zero-order chi connectivity index (χ0) is 11.8. The third kappa shape index (κ3) is 2.63. The zero-order valence-corrected chi connectivity index (χ0v) is 10.3. The number of benzene rings is 1. The van der Waals surface area contributed by atoms with Crippen molar-refractivity contribution in [2.45, 2.75) is 45.3 Å². The van der Waals surface area contributed by atoms with Gasteiger partial charge in [-0.25, -0.2) is 0 Å². The van der Waals surface area contributed by atoms with E-state index in [4.69, 9.17) is 4.74 Å². The highest BCUT2D eigenvalue weighted by molar-refractivity contribution is 5.30. The summed E-state index contributed by atoms with van der Waals surface area (Å²) in [6.07, 6.45) is 1.46. The van der Waals surface area contributed by atoms with Crippen LogP contribution in [0, 0.1) is 13.8 Å². The Bertz CT molecular complexity index is 362. The minimum Gasteiger partial charge on any atom is -0.390 e. The molecule has 0 aliphatic carbocycles. The van der Waals surface area contributed by atoms with Gasteiger partial charge in [-0.15, -0.1) is 0 Å². The molecule has 1 aromatic rings.